The molecule has 20 heavy (non-hydrogen) atoms. The van der Waals surface area contributed by atoms with E-state index in [9.17, 15) is 0 Å². The molecule has 3 aromatic rings. The fraction of sp³-hybridized carbons (Fsp3) is 0.0588. The van der Waals surface area contributed by atoms with Gasteiger partial charge in [0.05, 0.1) is 11.4 Å². The third kappa shape index (κ3) is 2.08. The molecule has 1 aromatic carbocycles. The van der Waals surface area contributed by atoms with Crippen LogP contribution in [0.5, 0.6) is 0 Å². The summed E-state index contributed by atoms with van der Waals surface area (Å²) < 4.78 is 0. The Morgan fingerprint density at radius 2 is 1.15 bits per heavy atom. The standard InChI is InChI=1S/C17H15N3/c18-17(14-8-2-1-3-9-14,15-10-4-6-12-19-15)16-11-5-7-13-20-16/h1-13H,18H2. The van der Waals surface area contributed by atoms with E-state index < -0.39 is 5.54 Å². The molecule has 2 heterocycles. The molecule has 2 aromatic heterocycles. The van der Waals surface area contributed by atoms with Crippen LogP contribution in [0, 0.1) is 0 Å². The minimum Gasteiger partial charge on any atom is -0.311 e. The van der Waals surface area contributed by atoms with Crippen LogP contribution in [0.1, 0.15) is 17.0 Å². The summed E-state index contributed by atoms with van der Waals surface area (Å²) in [6, 6.07) is 21.4. The molecule has 0 spiro atoms. The van der Waals surface area contributed by atoms with Gasteiger partial charge >= 0.3 is 0 Å². The van der Waals surface area contributed by atoms with E-state index in [0.717, 1.165) is 17.0 Å². The Morgan fingerprint density at radius 3 is 1.60 bits per heavy atom. The van der Waals surface area contributed by atoms with Gasteiger partial charge in [0.2, 0.25) is 0 Å². The second-order valence-electron chi connectivity index (χ2n) is 4.60. The molecule has 98 valence electrons. The molecule has 0 unspecified atom stereocenters. The third-order valence-electron chi connectivity index (χ3n) is 3.37. The van der Waals surface area contributed by atoms with E-state index in [1.165, 1.54) is 0 Å². The van der Waals surface area contributed by atoms with Gasteiger partial charge in [-0.1, -0.05) is 42.5 Å². The van der Waals surface area contributed by atoms with Gasteiger partial charge in [0.25, 0.3) is 0 Å². The lowest BCUT2D eigenvalue weighted by atomic mass is 9.83. The minimum absolute atomic E-state index is 0.782. The van der Waals surface area contributed by atoms with Crippen molar-refractivity contribution in [2.45, 2.75) is 5.54 Å². The molecule has 0 aliphatic carbocycles. The Hall–Kier alpha value is -2.52. The van der Waals surface area contributed by atoms with E-state index >= 15 is 0 Å². The summed E-state index contributed by atoms with van der Waals surface area (Å²) >= 11 is 0. The Morgan fingerprint density at radius 1 is 0.650 bits per heavy atom. The zero-order valence-corrected chi connectivity index (χ0v) is 11.0. The van der Waals surface area contributed by atoms with Gasteiger partial charge in [-0.3, -0.25) is 9.97 Å². The predicted molar refractivity (Wildman–Crippen MR) is 79.0 cm³/mol. The van der Waals surface area contributed by atoms with Crippen LogP contribution in [0.3, 0.4) is 0 Å². The fourth-order valence-electron chi connectivity index (χ4n) is 2.32. The van der Waals surface area contributed by atoms with Crippen molar-refractivity contribution in [1.29, 1.82) is 0 Å². The van der Waals surface area contributed by atoms with Crippen molar-refractivity contribution in [2.75, 3.05) is 0 Å². The number of nitrogens with zero attached hydrogens (tertiary/aromatic N) is 2. The first-order valence-corrected chi connectivity index (χ1v) is 6.49. The van der Waals surface area contributed by atoms with Crippen LogP contribution in [0.2, 0.25) is 0 Å². The van der Waals surface area contributed by atoms with E-state index in [2.05, 4.69) is 9.97 Å². The van der Waals surface area contributed by atoms with E-state index in [0.29, 0.717) is 0 Å². The van der Waals surface area contributed by atoms with Crippen molar-refractivity contribution in [3.05, 3.63) is 96.1 Å². The average Bonchev–Trinajstić information content (AvgIpc) is 2.56. The monoisotopic (exact) mass is 261 g/mol. The SMILES string of the molecule is NC(c1ccccc1)(c1ccccn1)c1ccccn1. The van der Waals surface area contributed by atoms with Gasteiger partial charge in [-0.05, 0) is 29.8 Å². The highest BCUT2D eigenvalue weighted by atomic mass is 14.9. The van der Waals surface area contributed by atoms with Crippen molar-refractivity contribution < 1.29 is 0 Å². The fourth-order valence-corrected chi connectivity index (χ4v) is 2.32. The molecule has 0 bridgehead atoms. The number of rotatable bonds is 3. The lowest BCUT2D eigenvalue weighted by molar-refractivity contribution is 0.607. The third-order valence-corrected chi connectivity index (χ3v) is 3.37. The van der Waals surface area contributed by atoms with Crippen molar-refractivity contribution in [2.24, 2.45) is 5.73 Å². The van der Waals surface area contributed by atoms with Crippen LogP contribution in [-0.4, -0.2) is 9.97 Å². The molecule has 3 rings (SSSR count). The number of pyridine rings is 2. The summed E-state index contributed by atoms with van der Waals surface area (Å²) in [6.07, 6.45) is 3.51. The highest BCUT2D eigenvalue weighted by Crippen LogP contribution is 2.31. The number of benzene rings is 1. The van der Waals surface area contributed by atoms with Gasteiger partial charge in [0.15, 0.2) is 0 Å². The first kappa shape index (κ1) is 12.5. The van der Waals surface area contributed by atoms with Crippen molar-refractivity contribution >= 4 is 0 Å². The molecule has 3 nitrogen and oxygen atoms in total. The predicted octanol–water partition coefficient (Wildman–Crippen LogP) is 2.73. The second-order valence-corrected chi connectivity index (χ2v) is 4.60. The largest absolute Gasteiger partial charge is 0.311 e. The Balaban J connectivity index is 2.24. The van der Waals surface area contributed by atoms with Gasteiger partial charge < -0.3 is 5.73 Å². The molecule has 3 heteroatoms. The first-order valence-electron chi connectivity index (χ1n) is 6.49. The van der Waals surface area contributed by atoms with Crippen LogP contribution in [0.15, 0.2) is 79.1 Å². The van der Waals surface area contributed by atoms with Crippen molar-refractivity contribution in [1.82, 2.24) is 9.97 Å². The molecule has 0 radical (unpaired) electrons. The summed E-state index contributed by atoms with van der Waals surface area (Å²) in [5.41, 5.74) is 8.43. The highest BCUT2D eigenvalue weighted by molar-refractivity contribution is 5.43. The maximum atomic E-state index is 6.74. The molecule has 0 amide bonds. The lowest BCUT2D eigenvalue weighted by Gasteiger charge is -2.29. The van der Waals surface area contributed by atoms with E-state index in [-0.39, 0.29) is 0 Å². The maximum Gasteiger partial charge on any atom is 0.127 e. The molecule has 2 N–H and O–H groups in total. The zero-order chi connectivity index (χ0) is 13.8. The van der Waals surface area contributed by atoms with Crippen LogP contribution < -0.4 is 5.73 Å². The number of hydrogen-bond acceptors (Lipinski definition) is 3. The van der Waals surface area contributed by atoms with Crippen molar-refractivity contribution in [3.63, 3.8) is 0 Å². The summed E-state index contributed by atoms with van der Waals surface area (Å²) in [6.45, 7) is 0. The molecular weight excluding hydrogens is 246 g/mol. The Kier molecular flexibility index (Phi) is 3.27. The summed E-state index contributed by atoms with van der Waals surface area (Å²) in [5.74, 6) is 0. The van der Waals surface area contributed by atoms with Crippen LogP contribution in [0.4, 0.5) is 0 Å². The van der Waals surface area contributed by atoms with Crippen molar-refractivity contribution in [3.8, 4) is 0 Å². The smallest absolute Gasteiger partial charge is 0.127 e. The first-order chi connectivity index (χ1) is 9.82. The molecule has 0 fully saturated rings. The van der Waals surface area contributed by atoms with E-state index in [4.69, 9.17) is 5.73 Å². The molecule has 0 saturated carbocycles. The Bertz CT molecular complexity index is 570. The topological polar surface area (TPSA) is 51.8 Å². The zero-order valence-electron chi connectivity index (χ0n) is 11.0. The van der Waals surface area contributed by atoms with Gasteiger partial charge in [-0.15, -0.1) is 0 Å². The minimum atomic E-state index is -0.843. The normalized spacial score (nSPS) is 11.2. The quantitative estimate of drug-likeness (QED) is 0.788. The lowest BCUT2D eigenvalue weighted by Crippen LogP contribution is -2.40. The average molecular weight is 261 g/mol. The van der Waals surface area contributed by atoms with E-state index in [1.807, 2.05) is 66.7 Å². The number of hydrogen-bond donors (Lipinski definition) is 1. The van der Waals surface area contributed by atoms with Gasteiger partial charge in [-0.2, -0.15) is 0 Å². The molecule has 0 atom stereocenters. The van der Waals surface area contributed by atoms with Crippen LogP contribution >= 0.6 is 0 Å². The van der Waals surface area contributed by atoms with Crippen LogP contribution in [0.25, 0.3) is 0 Å². The number of aromatic nitrogens is 2. The second kappa shape index (κ2) is 5.23. The maximum absolute atomic E-state index is 6.74. The Labute approximate surface area is 118 Å². The molecule has 0 aliphatic rings. The molecule has 0 saturated heterocycles. The summed E-state index contributed by atoms with van der Waals surface area (Å²) in [7, 11) is 0. The number of nitrogens with two attached hydrogens (primary N) is 1. The summed E-state index contributed by atoms with van der Waals surface area (Å²) in [4.78, 5) is 8.88. The van der Waals surface area contributed by atoms with Crippen LogP contribution in [-0.2, 0) is 5.54 Å². The summed E-state index contributed by atoms with van der Waals surface area (Å²) in [5, 5.41) is 0. The van der Waals surface area contributed by atoms with Gasteiger partial charge in [-0.25, -0.2) is 0 Å². The van der Waals surface area contributed by atoms with Gasteiger partial charge in [0, 0.05) is 12.4 Å². The molecule has 0 aliphatic heterocycles. The highest BCUT2D eigenvalue weighted by Gasteiger charge is 2.34. The van der Waals surface area contributed by atoms with Gasteiger partial charge in [0.1, 0.15) is 5.54 Å². The molecular formula is C17H15N3. The van der Waals surface area contributed by atoms with E-state index in [1.54, 1.807) is 12.4 Å².